The first kappa shape index (κ1) is 14.5. The molecule has 1 aliphatic rings. The van der Waals surface area contributed by atoms with Crippen LogP contribution in [-0.2, 0) is 0 Å². The molecule has 2 heterocycles. The van der Waals surface area contributed by atoms with Gasteiger partial charge in [0, 0.05) is 32.2 Å². The highest BCUT2D eigenvalue weighted by molar-refractivity contribution is 5.54. The maximum absolute atomic E-state index is 11.0. The predicted molar refractivity (Wildman–Crippen MR) is 76.4 cm³/mol. The van der Waals surface area contributed by atoms with Crippen LogP contribution in [0.25, 0.3) is 0 Å². The third kappa shape index (κ3) is 3.36. The minimum Gasteiger partial charge on any atom is -0.484 e. The Labute approximate surface area is 118 Å². The van der Waals surface area contributed by atoms with E-state index in [1.165, 1.54) is 6.20 Å². The van der Waals surface area contributed by atoms with Gasteiger partial charge in [0.05, 0.1) is 11.0 Å². The third-order valence-corrected chi connectivity index (χ3v) is 3.22. The van der Waals surface area contributed by atoms with Crippen LogP contribution in [0, 0.1) is 10.1 Å². The smallest absolute Gasteiger partial charge is 0.329 e. The molecule has 110 valence electrons. The molecule has 7 nitrogen and oxygen atoms in total. The second-order valence-corrected chi connectivity index (χ2v) is 5.22. The summed E-state index contributed by atoms with van der Waals surface area (Å²) in [6, 6.07) is 1.67. The summed E-state index contributed by atoms with van der Waals surface area (Å²) in [4.78, 5) is 19.1. The first-order chi connectivity index (χ1) is 9.47. The normalized spacial score (nSPS) is 16.5. The average Bonchev–Trinajstić information content (AvgIpc) is 2.38. The maximum atomic E-state index is 11.0. The van der Waals surface area contributed by atoms with Gasteiger partial charge < -0.3 is 14.5 Å². The first-order valence-corrected chi connectivity index (χ1v) is 6.72. The average molecular weight is 280 g/mol. The molecule has 0 amide bonds. The number of hydrogen-bond acceptors (Lipinski definition) is 6. The highest BCUT2D eigenvalue weighted by atomic mass is 16.6. The molecule has 0 bridgehead atoms. The summed E-state index contributed by atoms with van der Waals surface area (Å²) in [5, 5.41) is 11.0. The van der Waals surface area contributed by atoms with Gasteiger partial charge in [0.25, 0.3) is 0 Å². The Morgan fingerprint density at radius 2 is 2.00 bits per heavy atom. The number of rotatable bonds is 4. The fraction of sp³-hybridized carbons (Fsp3) is 0.615. The Bertz CT molecular complexity index is 485. The number of nitro groups is 1. The van der Waals surface area contributed by atoms with Crippen LogP contribution in [0.1, 0.15) is 13.8 Å². The van der Waals surface area contributed by atoms with Crippen molar-refractivity contribution in [2.24, 2.45) is 0 Å². The van der Waals surface area contributed by atoms with Crippen molar-refractivity contribution >= 4 is 11.5 Å². The topological polar surface area (TPSA) is 71.7 Å². The van der Waals surface area contributed by atoms with Crippen molar-refractivity contribution in [3.63, 3.8) is 0 Å². The Hall–Kier alpha value is -1.89. The third-order valence-electron chi connectivity index (χ3n) is 3.22. The largest absolute Gasteiger partial charge is 0.484 e. The summed E-state index contributed by atoms with van der Waals surface area (Å²) in [6.07, 6.45) is 1.17. The van der Waals surface area contributed by atoms with Gasteiger partial charge in [-0.2, -0.15) is 0 Å². The molecule has 0 radical (unpaired) electrons. The first-order valence-electron chi connectivity index (χ1n) is 6.72. The number of likely N-dealkylation sites (N-methyl/N-ethyl adjacent to an activating group) is 1. The highest BCUT2D eigenvalue weighted by Gasteiger charge is 2.21. The molecule has 2 rings (SSSR count). The summed E-state index contributed by atoms with van der Waals surface area (Å²) < 4.78 is 5.54. The molecule has 0 aliphatic carbocycles. The lowest BCUT2D eigenvalue weighted by Crippen LogP contribution is -2.44. The number of nitrogens with zero attached hydrogens (tertiary/aromatic N) is 4. The molecule has 0 saturated carbocycles. The van der Waals surface area contributed by atoms with Crippen LogP contribution in [0.4, 0.5) is 11.5 Å². The zero-order valence-corrected chi connectivity index (χ0v) is 12.1. The van der Waals surface area contributed by atoms with Crippen molar-refractivity contribution in [1.29, 1.82) is 0 Å². The Balaban J connectivity index is 2.24. The molecule has 0 spiro atoms. The monoisotopic (exact) mass is 280 g/mol. The van der Waals surface area contributed by atoms with Gasteiger partial charge in [0.2, 0.25) is 5.75 Å². The number of anilines is 1. The van der Waals surface area contributed by atoms with Gasteiger partial charge in [-0.25, -0.2) is 4.98 Å². The molecule has 1 aromatic heterocycles. The van der Waals surface area contributed by atoms with Crippen molar-refractivity contribution in [3.8, 4) is 5.75 Å². The van der Waals surface area contributed by atoms with Gasteiger partial charge >= 0.3 is 5.69 Å². The summed E-state index contributed by atoms with van der Waals surface area (Å²) in [5.41, 5.74) is -0.0865. The highest BCUT2D eigenvalue weighted by Crippen LogP contribution is 2.30. The minimum absolute atomic E-state index is 0.0865. The Morgan fingerprint density at radius 1 is 1.35 bits per heavy atom. The zero-order valence-electron chi connectivity index (χ0n) is 12.1. The van der Waals surface area contributed by atoms with Crippen molar-refractivity contribution in [1.82, 2.24) is 9.88 Å². The van der Waals surface area contributed by atoms with Crippen LogP contribution in [0.2, 0.25) is 0 Å². The van der Waals surface area contributed by atoms with E-state index in [1.54, 1.807) is 6.07 Å². The molecular formula is C13H20N4O3. The van der Waals surface area contributed by atoms with E-state index in [4.69, 9.17) is 4.74 Å². The zero-order chi connectivity index (χ0) is 14.7. The van der Waals surface area contributed by atoms with E-state index in [1.807, 2.05) is 13.8 Å². The maximum Gasteiger partial charge on any atom is 0.329 e. The minimum atomic E-state index is -0.460. The second kappa shape index (κ2) is 6.04. The van der Waals surface area contributed by atoms with Gasteiger partial charge in [-0.3, -0.25) is 10.1 Å². The molecule has 0 N–H and O–H groups in total. The summed E-state index contributed by atoms with van der Waals surface area (Å²) in [6.45, 7) is 7.34. The van der Waals surface area contributed by atoms with Gasteiger partial charge in [0.1, 0.15) is 12.0 Å². The Kier molecular flexibility index (Phi) is 4.39. The van der Waals surface area contributed by atoms with Crippen molar-refractivity contribution in [2.45, 2.75) is 20.0 Å². The molecule has 1 saturated heterocycles. The van der Waals surface area contributed by atoms with E-state index in [-0.39, 0.29) is 17.5 Å². The van der Waals surface area contributed by atoms with Crippen molar-refractivity contribution in [3.05, 3.63) is 22.4 Å². The summed E-state index contributed by atoms with van der Waals surface area (Å²) in [5.74, 6) is 1.02. The van der Waals surface area contributed by atoms with E-state index in [0.29, 0.717) is 0 Å². The van der Waals surface area contributed by atoms with E-state index in [9.17, 15) is 10.1 Å². The number of ether oxygens (including phenoxy) is 1. The van der Waals surface area contributed by atoms with E-state index in [2.05, 4.69) is 21.8 Å². The van der Waals surface area contributed by atoms with E-state index in [0.717, 1.165) is 32.0 Å². The molecule has 0 aromatic carbocycles. The standard InChI is InChI=1S/C13H20N4O3/c1-10(2)20-12-8-13(14-9-11(12)17(18)19)16-6-4-15(3)5-7-16/h8-10H,4-7H2,1-3H3. The number of aromatic nitrogens is 1. The number of pyridine rings is 1. The van der Waals surface area contributed by atoms with Gasteiger partial charge in [0.15, 0.2) is 0 Å². The fourth-order valence-corrected chi connectivity index (χ4v) is 2.11. The molecule has 0 unspecified atom stereocenters. The second-order valence-electron chi connectivity index (χ2n) is 5.22. The lowest BCUT2D eigenvalue weighted by molar-refractivity contribution is -0.386. The predicted octanol–water partition coefficient (Wildman–Crippen LogP) is 1.53. The Morgan fingerprint density at radius 3 is 2.55 bits per heavy atom. The van der Waals surface area contributed by atoms with Crippen molar-refractivity contribution < 1.29 is 9.66 Å². The van der Waals surface area contributed by atoms with E-state index >= 15 is 0 Å². The van der Waals surface area contributed by atoms with Crippen LogP contribution in [0.5, 0.6) is 5.75 Å². The molecule has 7 heteroatoms. The molecule has 0 atom stereocenters. The lowest BCUT2D eigenvalue weighted by Gasteiger charge is -2.33. The van der Waals surface area contributed by atoms with E-state index < -0.39 is 4.92 Å². The molecule has 1 fully saturated rings. The molecule has 1 aliphatic heterocycles. The number of hydrogen-bond donors (Lipinski definition) is 0. The van der Waals surface area contributed by atoms with Crippen LogP contribution in [0.3, 0.4) is 0 Å². The number of piperazine rings is 1. The fourth-order valence-electron chi connectivity index (χ4n) is 2.11. The van der Waals surface area contributed by atoms with Crippen molar-refractivity contribution in [2.75, 3.05) is 38.1 Å². The van der Waals surface area contributed by atoms with Crippen LogP contribution in [-0.4, -0.2) is 54.1 Å². The van der Waals surface area contributed by atoms with Crippen LogP contribution >= 0.6 is 0 Å². The van der Waals surface area contributed by atoms with Crippen LogP contribution < -0.4 is 9.64 Å². The summed E-state index contributed by atoms with van der Waals surface area (Å²) in [7, 11) is 2.08. The van der Waals surface area contributed by atoms with Crippen LogP contribution in [0.15, 0.2) is 12.3 Å². The molecular weight excluding hydrogens is 260 g/mol. The quantitative estimate of drug-likeness (QED) is 0.615. The molecule has 1 aromatic rings. The lowest BCUT2D eigenvalue weighted by atomic mass is 10.3. The summed E-state index contributed by atoms with van der Waals surface area (Å²) >= 11 is 0. The SMILES string of the molecule is CC(C)Oc1cc(N2CCN(C)CC2)ncc1[N+](=O)[O-]. The van der Waals surface area contributed by atoms with Gasteiger partial charge in [-0.1, -0.05) is 0 Å². The van der Waals surface area contributed by atoms with Gasteiger partial charge in [-0.15, -0.1) is 0 Å². The molecule has 20 heavy (non-hydrogen) atoms. The van der Waals surface area contributed by atoms with Gasteiger partial charge in [-0.05, 0) is 20.9 Å².